The second-order valence-electron chi connectivity index (χ2n) is 5.04. The van der Waals surface area contributed by atoms with E-state index in [2.05, 4.69) is 31.4 Å². The van der Waals surface area contributed by atoms with Crippen LogP contribution in [0.3, 0.4) is 0 Å². The van der Waals surface area contributed by atoms with Gasteiger partial charge >= 0.3 is 0 Å². The Morgan fingerprint density at radius 3 is 3.00 bits per heavy atom. The van der Waals surface area contributed by atoms with Crippen LogP contribution in [0.25, 0.3) is 11.4 Å². The number of aromatic nitrogens is 2. The Hall–Kier alpha value is -1.70. The van der Waals surface area contributed by atoms with E-state index in [-0.39, 0.29) is 12.3 Å². The summed E-state index contributed by atoms with van der Waals surface area (Å²) in [5.74, 6) is 0.908. The van der Waals surface area contributed by atoms with E-state index in [1.54, 1.807) is 17.4 Å². The first-order valence-corrected chi connectivity index (χ1v) is 9.29. The fraction of sp³-hybridized carbons (Fsp3) is 0.188. The van der Waals surface area contributed by atoms with E-state index in [0.29, 0.717) is 29.7 Å². The zero-order chi connectivity index (χ0) is 16.9. The van der Waals surface area contributed by atoms with Crippen molar-refractivity contribution in [2.75, 3.05) is 0 Å². The van der Waals surface area contributed by atoms with Gasteiger partial charge in [-0.2, -0.15) is 16.3 Å². The lowest BCUT2D eigenvalue weighted by Crippen LogP contribution is -2.23. The maximum atomic E-state index is 12.0. The molecule has 0 fully saturated rings. The standard InChI is InChI=1S/C16H13BrClN3O2S/c17-12-2-1-10(13(18)7-12)8-19-14(22)3-4-15-20-16(21-23-15)11-5-6-24-9-11/h1-2,5-7,9H,3-4,8H2,(H,19,22). The minimum atomic E-state index is -0.0933. The fourth-order valence-corrected chi connectivity index (χ4v) is 3.41. The molecular formula is C16H13BrClN3O2S. The van der Waals surface area contributed by atoms with Crippen LogP contribution in [0.2, 0.25) is 5.02 Å². The quantitative estimate of drug-likeness (QED) is 0.632. The van der Waals surface area contributed by atoms with E-state index < -0.39 is 0 Å². The molecular weight excluding hydrogens is 414 g/mol. The van der Waals surface area contributed by atoms with Gasteiger partial charge in [-0.15, -0.1) is 0 Å². The molecule has 0 saturated heterocycles. The first-order valence-electron chi connectivity index (χ1n) is 7.17. The van der Waals surface area contributed by atoms with E-state index in [9.17, 15) is 4.79 Å². The molecule has 0 spiro atoms. The van der Waals surface area contributed by atoms with Gasteiger partial charge in [-0.05, 0) is 29.1 Å². The second kappa shape index (κ2) is 7.92. The molecule has 0 unspecified atom stereocenters. The summed E-state index contributed by atoms with van der Waals surface area (Å²) < 4.78 is 6.07. The molecule has 0 aliphatic rings. The van der Waals surface area contributed by atoms with Crippen molar-refractivity contribution in [3.05, 3.63) is 56.0 Å². The van der Waals surface area contributed by atoms with E-state index in [4.69, 9.17) is 16.1 Å². The number of amides is 1. The molecule has 0 saturated carbocycles. The van der Waals surface area contributed by atoms with Gasteiger partial charge in [0.1, 0.15) is 0 Å². The highest BCUT2D eigenvalue weighted by Crippen LogP contribution is 2.21. The van der Waals surface area contributed by atoms with Gasteiger partial charge in [0.05, 0.1) is 0 Å². The fourth-order valence-electron chi connectivity index (χ4n) is 2.03. The summed E-state index contributed by atoms with van der Waals surface area (Å²) >= 11 is 11.0. The third-order valence-electron chi connectivity index (χ3n) is 3.30. The molecule has 2 aromatic heterocycles. The van der Waals surface area contributed by atoms with E-state index >= 15 is 0 Å². The summed E-state index contributed by atoms with van der Waals surface area (Å²) in [5.41, 5.74) is 1.79. The number of hydrogen-bond donors (Lipinski definition) is 1. The average molecular weight is 427 g/mol. The molecule has 3 aromatic rings. The lowest BCUT2D eigenvalue weighted by molar-refractivity contribution is -0.121. The van der Waals surface area contributed by atoms with Gasteiger partial charge in [0.15, 0.2) is 0 Å². The van der Waals surface area contributed by atoms with Crippen molar-refractivity contribution in [1.82, 2.24) is 15.5 Å². The Morgan fingerprint density at radius 2 is 2.25 bits per heavy atom. The lowest BCUT2D eigenvalue weighted by atomic mass is 10.2. The molecule has 8 heteroatoms. The van der Waals surface area contributed by atoms with Crippen LogP contribution in [0, 0.1) is 0 Å². The number of nitrogens with one attached hydrogen (secondary N) is 1. The number of carbonyl (C=O) groups excluding carboxylic acids is 1. The monoisotopic (exact) mass is 425 g/mol. The normalized spacial score (nSPS) is 10.8. The topological polar surface area (TPSA) is 68.0 Å². The van der Waals surface area contributed by atoms with Gasteiger partial charge in [-0.3, -0.25) is 4.79 Å². The van der Waals surface area contributed by atoms with Crippen molar-refractivity contribution in [1.29, 1.82) is 0 Å². The van der Waals surface area contributed by atoms with Crippen LogP contribution in [0.4, 0.5) is 0 Å². The predicted octanol–water partition coefficient (Wildman–Crippen LogP) is 4.46. The Kier molecular flexibility index (Phi) is 5.65. The van der Waals surface area contributed by atoms with Crippen molar-refractivity contribution < 1.29 is 9.32 Å². The third kappa shape index (κ3) is 4.43. The maximum Gasteiger partial charge on any atom is 0.227 e. The van der Waals surface area contributed by atoms with Crippen LogP contribution >= 0.6 is 38.9 Å². The van der Waals surface area contributed by atoms with Crippen LogP contribution in [0.15, 0.2) is 44.0 Å². The Balaban J connectivity index is 1.49. The molecule has 0 radical (unpaired) electrons. The second-order valence-corrected chi connectivity index (χ2v) is 7.14. The highest BCUT2D eigenvalue weighted by molar-refractivity contribution is 9.10. The van der Waals surface area contributed by atoms with Gasteiger partial charge < -0.3 is 9.84 Å². The highest BCUT2D eigenvalue weighted by atomic mass is 79.9. The highest BCUT2D eigenvalue weighted by Gasteiger charge is 2.11. The number of thiophene rings is 1. The van der Waals surface area contributed by atoms with Crippen LogP contribution < -0.4 is 5.32 Å². The largest absolute Gasteiger partial charge is 0.352 e. The molecule has 0 aliphatic heterocycles. The molecule has 24 heavy (non-hydrogen) atoms. The molecule has 1 aromatic carbocycles. The van der Waals surface area contributed by atoms with E-state index in [1.807, 2.05) is 29.0 Å². The summed E-state index contributed by atoms with van der Waals surface area (Å²) in [6.45, 7) is 0.384. The van der Waals surface area contributed by atoms with Crippen molar-refractivity contribution in [2.24, 2.45) is 0 Å². The molecule has 1 amide bonds. The minimum Gasteiger partial charge on any atom is -0.352 e. The minimum absolute atomic E-state index is 0.0933. The number of hydrogen-bond acceptors (Lipinski definition) is 5. The summed E-state index contributed by atoms with van der Waals surface area (Å²) in [7, 11) is 0. The third-order valence-corrected chi connectivity index (χ3v) is 4.83. The molecule has 1 N–H and O–H groups in total. The number of rotatable bonds is 6. The van der Waals surface area contributed by atoms with Crippen LogP contribution in [0.1, 0.15) is 17.9 Å². The van der Waals surface area contributed by atoms with Gasteiger partial charge in [0.2, 0.25) is 17.6 Å². The summed E-state index contributed by atoms with van der Waals surface area (Å²) in [6, 6.07) is 7.48. The van der Waals surface area contributed by atoms with Crippen molar-refractivity contribution in [2.45, 2.75) is 19.4 Å². The average Bonchev–Trinajstić information content (AvgIpc) is 3.23. The molecule has 5 nitrogen and oxygen atoms in total. The Bertz CT molecular complexity index is 836. The van der Waals surface area contributed by atoms with Crippen LogP contribution in [-0.4, -0.2) is 16.0 Å². The van der Waals surface area contributed by atoms with E-state index in [0.717, 1.165) is 15.6 Å². The SMILES string of the molecule is O=C(CCc1nc(-c2ccsc2)no1)NCc1ccc(Br)cc1Cl. The van der Waals surface area contributed by atoms with Gasteiger partial charge in [-0.25, -0.2) is 0 Å². The summed E-state index contributed by atoms with van der Waals surface area (Å²) in [5, 5.41) is 11.3. The van der Waals surface area contributed by atoms with Crippen LogP contribution in [0.5, 0.6) is 0 Å². The first-order chi connectivity index (χ1) is 11.6. The van der Waals surface area contributed by atoms with Gasteiger partial charge in [0.25, 0.3) is 0 Å². The molecule has 2 heterocycles. The Morgan fingerprint density at radius 1 is 1.38 bits per heavy atom. The Labute approximate surface area is 156 Å². The van der Waals surface area contributed by atoms with E-state index in [1.165, 1.54) is 0 Å². The molecule has 124 valence electrons. The number of benzene rings is 1. The van der Waals surface area contributed by atoms with Gasteiger partial charge in [-0.1, -0.05) is 38.8 Å². The summed E-state index contributed by atoms with van der Waals surface area (Å²) in [4.78, 5) is 16.2. The maximum absolute atomic E-state index is 12.0. The van der Waals surface area contributed by atoms with Gasteiger partial charge in [0, 0.05) is 39.8 Å². The molecule has 0 bridgehead atoms. The van der Waals surface area contributed by atoms with Crippen molar-refractivity contribution in [3.8, 4) is 11.4 Å². The van der Waals surface area contributed by atoms with Crippen molar-refractivity contribution >= 4 is 44.8 Å². The lowest BCUT2D eigenvalue weighted by Gasteiger charge is -2.06. The predicted molar refractivity (Wildman–Crippen MR) is 96.9 cm³/mol. The number of halogens is 2. The number of carbonyl (C=O) groups is 1. The van der Waals surface area contributed by atoms with Crippen LogP contribution in [-0.2, 0) is 17.8 Å². The van der Waals surface area contributed by atoms with Crippen molar-refractivity contribution in [3.63, 3.8) is 0 Å². The summed E-state index contributed by atoms with van der Waals surface area (Å²) in [6.07, 6.45) is 0.677. The number of nitrogens with zero attached hydrogens (tertiary/aromatic N) is 2. The molecule has 0 atom stereocenters. The zero-order valence-corrected chi connectivity index (χ0v) is 15.6. The zero-order valence-electron chi connectivity index (χ0n) is 12.5. The first kappa shape index (κ1) is 17.1. The number of aryl methyl sites for hydroxylation is 1. The smallest absolute Gasteiger partial charge is 0.227 e. The molecule has 0 aliphatic carbocycles. The molecule has 3 rings (SSSR count).